The summed E-state index contributed by atoms with van der Waals surface area (Å²) in [4.78, 5) is 0. The summed E-state index contributed by atoms with van der Waals surface area (Å²) in [6.45, 7) is 4.61. The molecule has 3 atom stereocenters. The molecular formula is C15H27N3O. The molecule has 108 valence electrons. The van der Waals surface area contributed by atoms with Crippen LogP contribution in [-0.4, -0.2) is 34.1 Å². The monoisotopic (exact) mass is 265 g/mol. The Morgan fingerprint density at radius 1 is 1.47 bits per heavy atom. The molecule has 1 aromatic rings. The van der Waals surface area contributed by atoms with E-state index in [9.17, 15) is 5.11 Å². The molecular weight excluding hydrogens is 238 g/mol. The minimum atomic E-state index is -0.356. The number of aliphatic hydroxyl groups excluding tert-OH is 1. The smallest absolute Gasteiger partial charge is 0.0860 e. The molecule has 0 amide bonds. The third-order valence-electron chi connectivity index (χ3n) is 4.11. The Morgan fingerprint density at radius 3 is 3.11 bits per heavy atom. The van der Waals surface area contributed by atoms with Crippen LogP contribution >= 0.6 is 0 Å². The first kappa shape index (κ1) is 14.5. The molecule has 0 radical (unpaired) electrons. The number of nitrogens with zero attached hydrogens (tertiary/aromatic N) is 2. The fourth-order valence-corrected chi connectivity index (χ4v) is 3.09. The van der Waals surface area contributed by atoms with E-state index < -0.39 is 0 Å². The standard InChI is InChI=1S/C15H27N3O/c1-13-4-2-5-14(10-13)6-8-16-11-15(19)12-18-9-3-7-17-18/h3,7,9,13-16,19H,2,4-6,8,10-12H2,1H3. The van der Waals surface area contributed by atoms with E-state index in [1.165, 1.54) is 32.1 Å². The molecule has 19 heavy (non-hydrogen) atoms. The number of hydrogen-bond donors (Lipinski definition) is 2. The average Bonchev–Trinajstić information content (AvgIpc) is 2.87. The zero-order valence-corrected chi connectivity index (χ0v) is 12.0. The van der Waals surface area contributed by atoms with Crippen LogP contribution in [0.1, 0.15) is 39.0 Å². The molecule has 0 saturated heterocycles. The quantitative estimate of drug-likeness (QED) is 0.742. The summed E-state index contributed by atoms with van der Waals surface area (Å²) in [6.07, 6.45) is 10.1. The highest BCUT2D eigenvalue weighted by Crippen LogP contribution is 2.30. The van der Waals surface area contributed by atoms with Gasteiger partial charge in [0.1, 0.15) is 0 Å². The molecule has 4 nitrogen and oxygen atoms in total. The van der Waals surface area contributed by atoms with Crippen molar-refractivity contribution in [3.05, 3.63) is 18.5 Å². The van der Waals surface area contributed by atoms with Crippen molar-refractivity contribution >= 4 is 0 Å². The molecule has 0 spiro atoms. The van der Waals surface area contributed by atoms with Gasteiger partial charge in [-0.05, 0) is 37.3 Å². The topological polar surface area (TPSA) is 50.1 Å². The van der Waals surface area contributed by atoms with Crippen LogP contribution in [-0.2, 0) is 6.54 Å². The van der Waals surface area contributed by atoms with Crippen molar-refractivity contribution < 1.29 is 5.11 Å². The highest BCUT2D eigenvalue weighted by atomic mass is 16.3. The fraction of sp³-hybridized carbons (Fsp3) is 0.800. The van der Waals surface area contributed by atoms with Gasteiger partial charge in [0, 0.05) is 18.9 Å². The van der Waals surface area contributed by atoms with Crippen molar-refractivity contribution in [2.45, 2.75) is 51.7 Å². The molecule has 0 aliphatic heterocycles. The first-order chi connectivity index (χ1) is 9.24. The van der Waals surface area contributed by atoms with Crippen LogP contribution < -0.4 is 5.32 Å². The summed E-state index contributed by atoms with van der Waals surface area (Å²) >= 11 is 0. The Kier molecular flexibility index (Phi) is 5.86. The molecule has 4 heteroatoms. The maximum atomic E-state index is 9.88. The van der Waals surface area contributed by atoms with Gasteiger partial charge < -0.3 is 10.4 Å². The van der Waals surface area contributed by atoms with Crippen molar-refractivity contribution in [2.24, 2.45) is 11.8 Å². The van der Waals surface area contributed by atoms with Gasteiger partial charge in [-0.15, -0.1) is 0 Å². The van der Waals surface area contributed by atoms with Crippen molar-refractivity contribution in [3.8, 4) is 0 Å². The molecule has 0 aromatic carbocycles. The Hall–Kier alpha value is -0.870. The van der Waals surface area contributed by atoms with Crippen molar-refractivity contribution in [3.63, 3.8) is 0 Å². The Balaban J connectivity index is 1.53. The molecule has 1 fully saturated rings. The summed E-state index contributed by atoms with van der Waals surface area (Å²) in [7, 11) is 0. The van der Waals surface area contributed by atoms with Crippen molar-refractivity contribution in [1.82, 2.24) is 15.1 Å². The summed E-state index contributed by atoms with van der Waals surface area (Å²) in [6, 6.07) is 1.88. The van der Waals surface area contributed by atoms with Gasteiger partial charge in [0.15, 0.2) is 0 Å². The third kappa shape index (κ3) is 5.33. The Morgan fingerprint density at radius 2 is 2.37 bits per heavy atom. The lowest BCUT2D eigenvalue weighted by Crippen LogP contribution is -2.32. The van der Waals surface area contributed by atoms with Crippen LogP contribution in [0.2, 0.25) is 0 Å². The molecule has 1 aliphatic rings. The second-order valence-corrected chi connectivity index (χ2v) is 6.01. The summed E-state index contributed by atoms with van der Waals surface area (Å²) < 4.78 is 1.77. The van der Waals surface area contributed by atoms with Gasteiger partial charge in [-0.2, -0.15) is 5.10 Å². The highest BCUT2D eigenvalue weighted by molar-refractivity contribution is 4.79. The first-order valence-corrected chi connectivity index (χ1v) is 7.60. The maximum Gasteiger partial charge on any atom is 0.0860 e. The van der Waals surface area contributed by atoms with Gasteiger partial charge in [0.2, 0.25) is 0 Å². The van der Waals surface area contributed by atoms with Gasteiger partial charge >= 0.3 is 0 Å². The van der Waals surface area contributed by atoms with E-state index in [-0.39, 0.29) is 6.10 Å². The highest BCUT2D eigenvalue weighted by Gasteiger charge is 2.18. The molecule has 1 heterocycles. The zero-order chi connectivity index (χ0) is 13.5. The Bertz CT molecular complexity index is 339. The number of aliphatic hydroxyl groups is 1. The molecule has 1 aliphatic carbocycles. The SMILES string of the molecule is CC1CCCC(CCNCC(O)Cn2cccn2)C1. The largest absolute Gasteiger partial charge is 0.390 e. The van der Waals surface area contributed by atoms with E-state index >= 15 is 0 Å². The van der Waals surface area contributed by atoms with E-state index in [0.717, 1.165) is 18.4 Å². The van der Waals surface area contributed by atoms with E-state index in [2.05, 4.69) is 17.3 Å². The zero-order valence-electron chi connectivity index (χ0n) is 12.0. The van der Waals surface area contributed by atoms with Gasteiger partial charge in [-0.25, -0.2) is 0 Å². The van der Waals surface area contributed by atoms with E-state index in [1.54, 1.807) is 10.9 Å². The van der Waals surface area contributed by atoms with Crippen molar-refractivity contribution in [2.75, 3.05) is 13.1 Å². The second kappa shape index (κ2) is 7.65. The van der Waals surface area contributed by atoms with Crippen LogP contribution in [0.4, 0.5) is 0 Å². The molecule has 2 rings (SSSR count). The molecule has 1 aromatic heterocycles. The van der Waals surface area contributed by atoms with Gasteiger partial charge in [0.25, 0.3) is 0 Å². The molecule has 0 bridgehead atoms. The van der Waals surface area contributed by atoms with E-state index in [0.29, 0.717) is 13.1 Å². The van der Waals surface area contributed by atoms with Gasteiger partial charge in [0.05, 0.1) is 12.6 Å². The average molecular weight is 265 g/mol. The van der Waals surface area contributed by atoms with Crippen LogP contribution in [0.15, 0.2) is 18.5 Å². The second-order valence-electron chi connectivity index (χ2n) is 6.01. The number of aromatic nitrogens is 2. The fourth-order valence-electron chi connectivity index (χ4n) is 3.09. The Labute approximate surface area is 116 Å². The van der Waals surface area contributed by atoms with Gasteiger partial charge in [-0.3, -0.25) is 4.68 Å². The number of rotatable bonds is 7. The predicted octanol–water partition coefficient (Wildman–Crippen LogP) is 2.05. The van der Waals surface area contributed by atoms with Crippen molar-refractivity contribution in [1.29, 1.82) is 0 Å². The predicted molar refractivity (Wildman–Crippen MR) is 76.8 cm³/mol. The first-order valence-electron chi connectivity index (χ1n) is 7.60. The van der Waals surface area contributed by atoms with Crippen LogP contribution in [0.3, 0.4) is 0 Å². The number of nitrogens with one attached hydrogen (secondary N) is 1. The number of hydrogen-bond acceptors (Lipinski definition) is 3. The summed E-state index contributed by atoms with van der Waals surface area (Å²) in [5.41, 5.74) is 0. The van der Waals surface area contributed by atoms with Crippen LogP contribution in [0.25, 0.3) is 0 Å². The molecule has 3 unspecified atom stereocenters. The van der Waals surface area contributed by atoms with E-state index in [1.807, 2.05) is 12.3 Å². The lowest BCUT2D eigenvalue weighted by Gasteiger charge is -2.26. The lowest BCUT2D eigenvalue weighted by atomic mass is 9.81. The van der Waals surface area contributed by atoms with Crippen LogP contribution in [0.5, 0.6) is 0 Å². The maximum absolute atomic E-state index is 9.88. The van der Waals surface area contributed by atoms with E-state index in [4.69, 9.17) is 0 Å². The van der Waals surface area contributed by atoms with Crippen LogP contribution in [0, 0.1) is 11.8 Å². The van der Waals surface area contributed by atoms with Gasteiger partial charge in [-0.1, -0.05) is 26.2 Å². The molecule has 2 N–H and O–H groups in total. The summed E-state index contributed by atoms with van der Waals surface area (Å²) in [5.74, 6) is 1.80. The lowest BCUT2D eigenvalue weighted by molar-refractivity contribution is 0.145. The molecule has 1 saturated carbocycles. The normalized spacial score (nSPS) is 25.4. The third-order valence-corrected chi connectivity index (χ3v) is 4.11. The minimum Gasteiger partial charge on any atom is -0.390 e. The minimum absolute atomic E-state index is 0.356. The summed E-state index contributed by atoms with van der Waals surface area (Å²) in [5, 5.41) is 17.3.